The highest BCUT2D eigenvalue weighted by atomic mass is 19.1. The lowest BCUT2D eigenvalue weighted by Crippen LogP contribution is -2.53. The number of aliphatic hydroxyl groups excluding tert-OH is 1. The first kappa shape index (κ1) is 55.4. The van der Waals surface area contributed by atoms with E-state index in [0.29, 0.717) is 48.3 Å². The van der Waals surface area contributed by atoms with Crippen molar-refractivity contribution in [3.8, 4) is 5.75 Å². The van der Waals surface area contributed by atoms with Crippen LogP contribution in [0.4, 0.5) is 9.18 Å². The number of H-pyrrole nitrogens is 1. The number of nitrogens with zero attached hydrogens (tertiary/aromatic N) is 1. The van der Waals surface area contributed by atoms with Crippen molar-refractivity contribution in [2.75, 3.05) is 6.54 Å². The number of phenolic OH excluding ortho intramolecular Hbond substituents is 1. The summed E-state index contributed by atoms with van der Waals surface area (Å²) in [5, 5.41) is 38.4. The summed E-state index contributed by atoms with van der Waals surface area (Å²) in [6.07, 6.45) is 10.2. The van der Waals surface area contributed by atoms with Crippen LogP contribution < -0.4 is 27.2 Å². The molecule has 18 heteroatoms. The van der Waals surface area contributed by atoms with Crippen molar-refractivity contribution in [3.63, 3.8) is 0 Å². The zero-order valence-electron chi connectivity index (χ0n) is 43.2. The average Bonchev–Trinajstić information content (AvgIpc) is 3.91. The van der Waals surface area contributed by atoms with Gasteiger partial charge in [0.1, 0.15) is 36.3 Å². The van der Waals surface area contributed by atoms with Gasteiger partial charge in [-0.2, -0.15) is 4.39 Å². The Hall–Kier alpha value is -5.36. The van der Waals surface area contributed by atoms with Crippen LogP contribution in [0.1, 0.15) is 156 Å². The summed E-state index contributed by atoms with van der Waals surface area (Å²) in [4.78, 5) is 90.6. The number of nitrogens with one attached hydrogen (secondary N) is 4. The second kappa shape index (κ2) is 23.9. The summed E-state index contributed by atoms with van der Waals surface area (Å²) < 4.78 is 26.1. The molecule has 3 amide bonds. The fraction of sp³-hybridized carbons (Fsp3) is 0.691. The molecule has 2 aromatic rings. The molecule has 402 valence electrons. The molecule has 1 aromatic heterocycles. The topological polar surface area (TPSA) is 255 Å². The number of carboxylic acids is 1. The molecule has 17 nitrogen and oxygen atoms in total. The first-order valence-electron chi connectivity index (χ1n) is 26.8. The molecule has 0 spiro atoms. The minimum Gasteiger partial charge on any atom is -0.508 e. The number of aliphatic carboxylic acids is 1. The largest absolute Gasteiger partial charge is 0.508 e. The molecule has 1 aliphatic heterocycles. The van der Waals surface area contributed by atoms with Crippen molar-refractivity contribution in [2.24, 2.45) is 46.3 Å². The van der Waals surface area contributed by atoms with Crippen LogP contribution in [-0.4, -0.2) is 91.5 Å². The number of unbranched alkanes of at least 4 members (excludes halogenated alkanes) is 1. The fourth-order valence-electron chi connectivity index (χ4n) is 13.6. The highest BCUT2D eigenvalue weighted by Gasteiger charge is 2.59. The van der Waals surface area contributed by atoms with E-state index in [1.54, 1.807) is 17.1 Å². The number of hydrogen-bond donors (Lipinski definition) is 7. The number of aromatic amines is 1. The van der Waals surface area contributed by atoms with E-state index in [4.69, 9.17) is 9.47 Å². The van der Waals surface area contributed by atoms with Crippen LogP contribution in [0.25, 0.3) is 0 Å². The number of amides is 3. The summed E-state index contributed by atoms with van der Waals surface area (Å²) >= 11 is 0. The number of allylic oxidation sites excluding steroid dienone is 1. The number of halogens is 1. The summed E-state index contributed by atoms with van der Waals surface area (Å²) in [5.41, 5.74) is 0.222. The first-order chi connectivity index (χ1) is 34.7. The van der Waals surface area contributed by atoms with Crippen LogP contribution in [-0.2, 0) is 35.1 Å². The third-order valence-electron chi connectivity index (χ3n) is 17.6. The van der Waals surface area contributed by atoms with E-state index in [1.807, 2.05) is 0 Å². The molecule has 3 saturated carbocycles. The number of aromatic hydroxyl groups is 1. The maximum Gasteiger partial charge on any atom is 0.408 e. The highest BCUT2D eigenvalue weighted by Crippen LogP contribution is 2.67. The maximum atomic E-state index is 13.8. The lowest BCUT2D eigenvalue weighted by atomic mass is 9.47. The number of hydrogen-bond acceptors (Lipinski definition) is 11. The van der Waals surface area contributed by atoms with Gasteiger partial charge in [-0.15, -0.1) is 0 Å². The number of aliphatic hydroxyl groups is 1. The third-order valence-corrected chi connectivity index (χ3v) is 17.6. The Bertz CT molecular complexity index is 2460. The summed E-state index contributed by atoms with van der Waals surface area (Å²) in [6.45, 7) is 12.3. The zero-order chi connectivity index (χ0) is 52.8. The number of alkyl carbamates (subject to hydrolysis) is 1. The summed E-state index contributed by atoms with van der Waals surface area (Å²) in [5.74, 6) is -0.0668. The van der Waals surface area contributed by atoms with Crippen LogP contribution in [0.3, 0.4) is 0 Å². The number of carbonyl (C=O) groups excluding carboxylic acids is 4. The second-order valence-corrected chi connectivity index (χ2v) is 22.8. The van der Waals surface area contributed by atoms with Crippen LogP contribution in [0.2, 0.25) is 0 Å². The van der Waals surface area contributed by atoms with Crippen LogP contribution in [0.5, 0.6) is 5.75 Å². The van der Waals surface area contributed by atoms with Gasteiger partial charge in [-0.25, -0.2) is 14.4 Å². The fourth-order valence-corrected chi connectivity index (χ4v) is 13.6. The monoisotopic (exact) mass is 1020 g/mol. The first-order valence-corrected chi connectivity index (χ1v) is 26.8. The van der Waals surface area contributed by atoms with Gasteiger partial charge in [0, 0.05) is 38.6 Å². The van der Waals surface area contributed by atoms with Gasteiger partial charge in [-0.05, 0) is 128 Å². The number of benzene rings is 1. The van der Waals surface area contributed by atoms with Gasteiger partial charge in [0.05, 0.1) is 12.3 Å². The van der Waals surface area contributed by atoms with Crippen molar-refractivity contribution < 1.29 is 53.2 Å². The molecule has 1 aromatic carbocycles. The van der Waals surface area contributed by atoms with Gasteiger partial charge in [-0.1, -0.05) is 77.7 Å². The molecule has 0 bridgehead atoms. The van der Waals surface area contributed by atoms with Gasteiger partial charge in [0.2, 0.25) is 17.6 Å². The van der Waals surface area contributed by atoms with E-state index >= 15 is 0 Å². The SMILES string of the molecule is CC(C)CCC[C@@H](C)C1CC[C@H]2C3CC=C4CC(OC(=O)NC(Cc5ccc(O)cc5)C(=O)N[C@H](CCCCNC(=O)CCC(=O)C5OC(n6cc(F)c(=O)[nH]c6=O)CC5O)C(=O)O)CCC4(C)[C@H]3CCC12C. The highest BCUT2D eigenvalue weighted by molar-refractivity contribution is 5.90. The van der Waals surface area contributed by atoms with Crippen molar-refractivity contribution in [1.82, 2.24) is 25.5 Å². The predicted octanol–water partition coefficient (Wildman–Crippen LogP) is 6.98. The Labute approximate surface area is 426 Å². The number of ketones is 1. The smallest absolute Gasteiger partial charge is 0.408 e. The number of Topliss-reactive ketones (excluding diaryl/α,β-unsaturated/α-hetero) is 1. The standard InChI is InChI=1S/C55H78FN5O12/c1-31(2)9-8-10-32(3)38-18-19-39-37-17-14-34-28-36(22-24-54(34,4)40(37)23-25-55(38,39)5)72-53(71)59-43(27-33-12-15-35(62)16-13-33)50(67)58-42(51(68)69)11-6-7-26-57-46(65)21-20-44(63)48-45(64)29-47(73-48)61-30-41(56)49(66)60-52(61)70/h12-16,30-32,36-40,42-43,45,47-48,62,64H,6-11,17-29H2,1-5H3,(H,57,65)(H,58,67)(H,59,71)(H,68,69)(H,60,66,70)/t32-,36?,37?,38?,39+,40+,42-,43?,45?,47?,48?,54?,55?/m1/s1. The van der Waals surface area contributed by atoms with Gasteiger partial charge >= 0.3 is 17.8 Å². The Morgan fingerprint density at radius 2 is 1.67 bits per heavy atom. The van der Waals surface area contributed by atoms with E-state index in [-0.39, 0.29) is 62.3 Å². The molecule has 7 N–H and O–H groups in total. The molecule has 13 atom stereocenters. The molecule has 0 radical (unpaired) electrons. The van der Waals surface area contributed by atoms with E-state index < -0.39 is 77.2 Å². The van der Waals surface area contributed by atoms with Crippen molar-refractivity contribution in [1.29, 1.82) is 0 Å². The second-order valence-electron chi connectivity index (χ2n) is 22.8. The Kier molecular flexibility index (Phi) is 18.1. The minimum atomic E-state index is -1.38. The zero-order valence-corrected chi connectivity index (χ0v) is 43.2. The minimum absolute atomic E-state index is 0.00177. The Morgan fingerprint density at radius 1 is 0.918 bits per heavy atom. The molecule has 9 unspecified atom stereocenters. The molecular weight excluding hydrogens is 942 g/mol. The third kappa shape index (κ3) is 13.1. The quantitative estimate of drug-likeness (QED) is 0.0466. The van der Waals surface area contributed by atoms with E-state index in [9.17, 15) is 53.3 Å². The number of fused-ring (bicyclic) bond motifs is 5. The van der Waals surface area contributed by atoms with Gasteiger partial charge in [0.25, 0.3) is 5.56 Å². The number of ether oxygens (including phenoxy) is 2. The van der Waals surface area contributed by atoms with Crippen LogP contribution in [0.15, 0.2) is 51.7 Å². The number of phenols is 1. The lowest BCUT2D eigenvalue weighted by Gasteiger charge is -2.58. The van der Waals surface area contributed by atoms with E-state index in [1.165, 1.54) is 62.7 Å². The van der Waals surface area contributed by atoms with Crippen molar-refractivity contribution in [2.45, 2.75) is 187 Å². The van der Waals surface area contributed by atoms with Crippen LogP contribution in [0, 0.1) is 52.2 Å². The number of carboxylic acid groups (broad SMARTS) is 1. The normalized spacial score (nSPS) is 29.7. The summed E-state index contributed by atoms with van der Waals surface area (Å²) in [7, 11) is 0. The number of rotatable bonds is 22. The van der Waals surface area contributed by atoms with Gasteiger partial charge in [0.15, 0.2) is 5.78 Å². The molecule has 2 heterocycles. The molecule has 7 rings (SSSR count). The van der Waals surface area contributed by atoms with Gasteiger partial charge in [-0.3, -0.25) is 28.7 Å². The molecule has 73 heavy (non-hydrogen) atoms. The number of aromatic nitrogens is 2. The van der Waals surface area contributed by atoms with Crippen molar-refractivity contribution in [3.05, 3.63) is 74.3 Å². The Balaban J connectivity index is 0.873. The molecule has 1 saturated heterocycles. The Morgan fingerprint density at radius 3 is 2.40 bits per heavy atom. The van der Waals surface area contributed by atoms with Crippen LogP contribution >= 0.6 is 0 Å². The molecule has 5 aliphatic rings. The maximum absolute atomic E-state index is 13.8. The molecule has 4 aliphatic carbocycles. The van der Waals surface area contributed by atoms with Crippen molar-refractivity contribution >= 4 is 29.7 Å². The van der Waals surface area contributed by atoms with Gasteiger partial charge < -0.3 is 40.7 Å². The summed E-state index contributed by atoms with van der Waals surface area (Å²) in [6, 6.07) is 3.63. The predicted molar refractivity (Wildman–Crippen MR) is 269 cm³/mol. The molecule has 4 fully saturated rings. The lowest BCUT2D eigenvalue weighted by molar-refractivity contribution is -0.142. The number of carbonyl (C=O) groups is 5. The van der Waals surface area contributed by atoms with E-state index in [2.05, 4.69) is 56.6 Å². The molecular formula is C55H78FN5O12. The van der Waals surface area contributed by atoms with E-state index in [0.717, 1.165) is 41.1 Å². The average molecular weight is 1020 g/mol.